The van der Waals surface area contributed by atoms with E-state index in [0.29, 0.717) is 5.56 Å². The Balaban J connectivity index is 1.99. The molecule has 0 spiro atoms. The van der Waals surface area contributed by atoms with E-state index in [4.69, 9.17) is 0 Å². The Bertz CT molecular complexity index is 420. The second kappa shape index (κ2) is 5.52. The molecule has 5 heteroatoms. The van der Waals surface area contributed by atoms with Gasteiger partial charge in [-0.1, -0.05) is 6.92 Å². The smallest absolute Gasteiger partial charge is 0.254 e. The zero-order valence-electron chi connectivity index (χ0n) is 11.0. The Morgan fingerprint density at radius 2 is 2.17 bits per heavy atom. The van der Waals surface area contributed by atoms with Crippen LogP contribution in [-0.4, -0.2) is 32.9 Å². The molecule has 1 aliphatic rings. The highest BCUT2D eigenvalue weighted by Crippen LogP contribution is 2.19. The fourth-order valence-corrected chi connectivity index (χ4v) is 2.47. The van der Waals surface area contributed by atoms with E-state index < -0.39 is 0 Å². The number of aliphatic hydroxyl groups is 1. The number of rotatable bonds is 3. The second-order valence-corrected chi connectivity index (χ2v) is 5.00. The van der Waals surface area contributed by atoms with Crippen molar-refractivity contribution in [1.82, 2.24) is 15.1 Å². The molecule has 1 saturated carbocycles. The van der Waals surface area contributed by atoms with E-state index in [9.17, 15) is 9.90 Å². The molecule has 5 nitrogen and oxygen atoms in total. The van der Waals surface area contributed by atoms with Crippen LogP contribution in [0.1, 0.15) is 48.7 Å². The molecule has 1 fully saturated rings. The predicted molar refractivity (Wildman–Crippen MR) is 68.3 cm³/mol. The van der Waals surface area contributed by atoms with Crippen molar-refractivity contribution < 1.29 is 9.90 Å². The first-order valence-electron chi connectivity index (χ1n) is 6.61. The van der Waals surface area contributed by atoms with Gasteiger partial charge in [0, 0.05) is 19.3 Å². The largest absolute Gasteiger partial charge is 0.393 e. The third-order valence-corrected chi connectivity index (χ3v) is 3.52. The molecule has 2 rings (SSSR count). The molecule has 18 heavy (non-hydrogen) atoms. The summed E-state index contributed by atoms with van der Waals surface area (Å²) in [5.74, 6) is -0.0404. The molecule has 100 valence electrons. The number of nitrogens with one attached hydrogen (secondary N) is 1. The molecule has 0 aliphatic heterocycles. The third-order valence-electron chi connectivity index (χ3n) is 3.52. The summed E-state index contributed by atoms with van der Waals surface area (Å²) in [7, 11) is 1.83. The van der Waals surface area contributed by atoms with E-state index in [-0.39, 0.29) is 18.1 Å². The van der Waals surface area contributed by atoms with Crippen molar-refractivity contribution >= 4 is 5.91 Å². The van der Waals surface area contributed by atoms with Crippen molar-refractivity contribution in [2.45, 2.75) is 51.2 Å². The zero-order chi connectivity index (χ0) is 13.1. The van der Waals surface area contributed by atoms with Gasteiger partial charge in [0.05, 0.1) is 17.4 Å². The molecule has 1 aromatic heterocycles. The summed E-state index contributed by atoms with van der Waals surface area (Å²) in [5.41, 5.74) is 1.51. The molecule has 2 N–H and O–H groups in total. The topological polar surface area (TPSA) is 67.2 Å². The number of carbonyl (C=O) groups excluding carboxylic acids is 1. The van der Waals surface area contributed by atoms with E-state index in [1.54, 1.807) is 10.9 Å². The first kappa shape index (κ1) is 13.1. The van der Waals surface area contributed by atoms with Crippen LogP contribution in [0.15, 0.2) is 6.20 Å². The van der Waals surface area contributed by atoms with Crippen LogP contribution in [0.2, 0.25) is 0 Å². The summed E-state index contributed by atoms with van der Waals surface area (Å²) >= 11 is 0. The van der Waals surface area contributed by atoms with Gasteiger partial charge < -0.3 is 10.4 Å². The van der Waals surface area contributed by atoms with Gasteiger partial charge in [0.1, 0.15) is 0 Å². The molecule has 1 aromatic rings. The molecule has 0 saturated heterocycles. The number of nitrogens with zero attached hydrogens (tertiary/aromatic N) is 2. The van der Waals surface area contributed by atoms with Crippen LogP contribution >= 0.6 is 0 Å². The summed E-state index contributed by atoms with van der Waals surface area (Å²) < 4.78 is 1.68. The quantitative estimate of drug-likeness (QED) is 0.842. The fraction of sp³-hybridized carbons (Fsp3) is 0.692. The Labute approximate surface area is 107 Å². The lowest BCUT2D eigenvalue weighted by atomic mass is 9.93. The standard InChI is InChI=1S/C13H21N3O2/c1-3-12-11(8-16(2)15-12)13(18)14-9-4-6-10(17)7-5-9/h8-10,17H,3-7H2,1-2H3,(H,14,18). The zero-order valence-corrected chi connectivity index (χ0v) is 11.0. The fourth-order valence-electron chi connectivity index (χ4n) is 2.47. The summed E-state index contributed by atoms with van der Waals surface area (Å²) in [6, 6.07) is 0.186. The van der Waals surface area contributed by atoms with Gasteiger partial charge in [-0.15, -0.1) is 0 Å². The van der Waals surface area contributed by atoms with E-state index in [0.717, 1.165) is 37.8 Å². The Morgan fingerprint density at radius 1 is 1.50 bits per heavy atom. The summed E-state index contributed by atoms with van der Waals surface area (Å²) in [6.45, 7) is 2.00. The van der Waals surface area contributed by atoms with E-state index in [1.807, 2.05) is 14.0 Å². The van der Waals surface area contributed by atoms with Crippen molar-refractivity contribution in [3.63, 3.8) is 0 Å². The molecule has 0 aromatic carbocycles. The number of amides is 1. The maximum absolute atomic E-state index is 12.2. The summed E-state index contributed by atoms with van der Waals surface area (Å²) in [6.07, 6.45) is 5.60. The number of carbonyl (C=O) groups is 1. The minimum atomic E-state index is -0.192. The van der Waals surface area contributed by atoms with E-state index >= 15 is 0 Å². The molecular weight excluding hydrogens is 230 g/mol. The van der Waals surface area contributed by atoms with Gasteiger partial charge in [-0.25, -0.2) is 0 Å². The Hall–Kier alpha value is -1.36. The second-order valence-electron chi connectivity index (χ2n) is 5.00. The van der Waals surface area contributed by atoms with Gasteiger partial charge >= 0.3 is 0 Å². The van der Waals surface area contributed by atoms with Crippen LogP contribution in [0.4, 0.5) is 0 Å². The SMILES string of the molecule is CCc1nn(C)cc1C(=O)NC1CCC(O)CC1. The molecule has 1 heterocycles. The van der Waals surface area contributed by atoms with Crippen LogP contribution in [0, 0.1) is 0 Å². The molecular formula is C13H21N3O2. The molecule has 0 atom stereocenters. The Morgan fingerprint density at radius 3 is 2.78 bits per heavy atom. The lowest BCUT2D eigenvalue weighted by Gasteiger charge is -2.26. The highest BCUT2D eigenvalue weighted by atomic mass is 16.3. The normalized spacial score (nSPS) is 23.9. The highest BCUT2D eigenvalue weighted by molar-refractivity contribution is 5.95. The number of aryl methyl sites for hydroxylation is 2. The Kier molecular flexibility index (Phi) is 4.01. The number of hydrogen-bond acceptors (Lipinski definition) is 3. The van der Waals surface area contributed by atoms with Crippen molar-refractivity contribution in [2.75, 3.05) is 0 Å². The monoisotopic (exact) mass is 251 g/mol. The van der Waals surface area contributed by atoms with Crippen LogP contribution in [-0.2, 0) is 13.5 Å². The minimum absolute atomic E-state index is 0.0404. The van der Waals surface area contributed by atoms with E-state index in [1.165, 1.54) is 0 Å². The van der Waals surface area contributed by atoms with Gasteiger partial charge in [0.25, 0.3) is 5.91 Å². The van der Waals surface area contributed by atoms with Gasteiger partial charge in [-0.3, -0.25) is 9.48 Å². The van der Waals surface area contributed by atoms with Gasteiger partial charge in [-0.2, -0.15) is 5.10 Å². The van der Waals surface area contributed by atoms with Crippen molar-refractivity contribution in [3.8, 4) is 0 Å². The maximum atomic E-state index is 12.2. The van der Waals surface area contributed by atoms with Gasteiger partial charge in [-0.05, 0) is 32.1 Å². The summed E-state index contributed by atoms with van der Waals surface area (Å²) in [5, 5.41) is 16.7. The molecule has 1 amide bonds. The van der Waals surface area contributed by atoms with Crippen molar-refractivity contribution in [3.05, 3.63) is 17.5 Å². The first-order valence-corrected chi connectivity index (χ1v) is 6.61. The summed E-state index contributed by atoms with van der Waals surface area (Å²) in [4.78, 5) is 12.2. The number of hydrogen-bond donors (Lipinski definition) is 2. The van der Waals surface area contributed by atoms with Gasteiger partial charge in [0.15, 0.2) is 0 Å². The average Bonchev–Trinajstić information content (AvgIpc) is 2.73. The first-order chi connectivity index (χ1) is 8.60. The molecule has 1 aliphatic carbocycles. The minimum Gasteiger partial charge on any atom is -0.393 e. The third kappa shape index (κ3) is 2.90. The average molecular weight is 251 g/mol. The van der Waals surface area contributed by atoms with Crippen molar-refractivity contribution in [2.24, 2.45) is 7.05 Å². The van der Waals surface area contributed by atoms with Crippen LogP contribution in [0.5, 0.6) is 0 Å². The maximum Gasteiger partial charge on any atom is 0.254 e. The lowest BCUT2D eigenvalue weighted by Crippen LogP contribution is -2.38. The molecule has 0 radical (unpaired) electrons. The van der Waals surface area contributed by atoms with Crippen LogP contribution in [0.25, 0.3) is 0 Å². The number of aromatic nitrogens is 2. The predicted octanol–water partition coefficient (Wildman–Crippen LogP) is 1.02. The molecule has 0 bridgehead atoms. The highest BCUT2D eigenvalue weighted by Gasteiger charge is 2.22. The van der Waals surface area contributed by atoms with Crippen LogP contribution in [0.3, 0.4) is 0 Å². The van der Waals surface area contributed by atoms with Crippen molar-refractivity contribution in [1.29, 1.82) is 0 Å². The van der Waals surface area contributed by atoms with Gasteiger partial charge in [0.2, 0.25) is 0 Å². The lowest BCUT2D eigenvalue weighted by molar-refractivity contribution is 0.0867. The van der Waals surface area contributed by atoms with Crippen LogP contribution < -0.4 is 5.32 Å². The molecule has 0 unspecified atom stereocenters. The number of aliphatic hydroxyl groups excluding tert-OH is 1. The van der Waals surface area contributed by atoms with E-state index in [2.05, 4.69) is 10.4 Å².